The molecule has 0 aromatic heterocycles. The molecule has 1 aromatic rings. The maximum absolute atomic E-state index is 5.96. The molecule has 0 fully saturated rings. The lowest BCUT2D eigenvalue weighted by Crippen LogP contribution is -2.35. The van der Waals surface area contributed by atoms with Crippen molar-refractivity contribution < 1.29 is 0 Å². The van der Waals surface area contributed by atoms with Gasteiger partial charge in [-0.25, -0.2) is 0 Å². The SMILES string of the molecule is CCC(C)C(N)Nc1cc(Cl)cc(Cl)c1. The maximum Gasteiger partial charge on any atom is 0.0769 e. The van der Waals surface area contributed by atoms with Crippen molar-refractivity contribution >= 4 is 28.9 Å². The minimum Gasteiger partial charge on any atom is -0.370 e. The molecule has 0 aliphatic carbocycles. The number of benzene rings is 1. The van der Waals surface area contributed by atoms with Gasteiger partial charge in [0.1, 0.15) is 0 Å². The van der Waals surface area contributed by atoms with E-state index in [2.05, 4.69) is 19.2 Å². The lowest BCUT2D eigenvalue weighted by atomic mass is 10.1. The van der Waals surface area contributed by atoms with Crippen molar-refractivity contribution in [3.63, 3.8) is 0 Å². The number of nitrogens with one attached hydrogen (secondary N) is 1. The quantitative estimate of drug-likeness (QED) is 0.795. The number of hydrogen-bond acceptors (Lipinski definition) is 2. The van der Waals surface area contributed by atoms with E-state index in [1.807, 2.05) is 12.1 Å². The second-order valence-electron chi connectivity index (χ2n) is 3.71. The van der Waals surface area contributed by atoms with Crippen molar-refractivity contribution in [3.05, 3.63) is 28.2 Å². The van der Waals surface area contributed by atoms with Gasteiger partial charge < -0.3 is 11.1 Å². The zero-order valence-electron chi connectivity index (χ0n) is 8.93. The van der Waals surface area contributed by atoms with Crippen molar-refractivity contribution in [2.45, 2.75) is 26.4 Å². The average molecular weight is 247 g/mol. The Kier molecular flexibility index (Phi) is 4.71. The summed E-state index contributed by atoms with van der Waals surface area (Å²) in [5.41, 5.74) is 6.82. The molecule has 0 spiro atoms. The van der Waals surface area contributed by atoms with E-state index in [4.69, 9.17) is 28.9 Å². The first-order valence-corrected chi connectivity index (χ1v) is 5.76. The van der Waals surface area contributed by atoms with Crippen LogP contribution >= 0.6 is 23.2 Å². The van der Waals surface area contributed by atoms with Gasteiger partial charge in [-0.05, 0) is 24.1 Å². The average Bonchev–Trinajstić information content (AvgIpc) is 2.14. The zero-order valence-corrected chi connectivity index (χ0v) is 10.4. The molecule has 0 bridgehead atoms. The molecular weight excluding hydrogens is 231 g/mol. The standard InChI is InChI=1S/C11H16Cl2N2/c1-3-7(2)11(14)15-10-5-8(12)4-9(13)6-10/h4-7,11,15H,3,14H2,1-2H3. The fourth-order valence-corrected chi connectivity index (χ4v) is 1.75. The van der Waals surface area contributed by atoms with Gasteiger partial charge in [-0.3, -0.25) is 0 Å². The Bertz CT molecular complexity index is 308. The van der Waals surface area contributed by atoms with Crippen molar-refractivity contribution in [1.29, 1.82) is 0 Å². The summed E-state index contributed by atoms with van der Waals surface area (Å²) >= 11 is 11.8. The zero-order chi connectivity index (χ0) is 11.4. The molecule has 0 radical (unpaired) electrons. The monoisotopic (exact) mass is 246 g/mol. The van der Waals surface area contributed by atoms with Gasteiger partial charge in [0, 0.05) is 15.7 Å². The Morgan fingerprint density at radius 2 is 1.80 bits per heavy atom. The molecule has 0 saturated heterocycles. The van der Waals surface area contributed by atoms with Crippen LogP contribution in [-0.4, -0.2) is 6.17 Å². The first-order valence-electron chi connectivity index (χ1n) is 5.01. The molecule has 4 heteroatoms. The first kappa shape index (κ1) is 12.6. The van der Waals surface area contributed by atoms with Gasteiger partial charge in [0.25, 0.3) is 0 Å². The van der Waals surface area contributed by atoms with Crippen molar-refractivity contribution in [1.82, 2.24) is 0 Å². The molecule has 0 amide bonds. The molecule has 3 N–H and O–H groups in total. The van der Waals surface area contributed by atoms with Crippen molar-refractivity contribution in [2.24, 2.45) is 11.7 Å². The predicted octanol–water partition coefficient (Wildman–Crippen LogP) is 3.74. The number of rotatable bonds is 4. The fraction of sp³-hybridized carbons (Fsp3) is 0.455. The molecule has 1 rings (SSSR count). The van der Waals surface area contributed by atoms with E-state index in [9.17, 15) is 0 Å². The summed E-state index contributed by atoms with van der Waals surface area (Å²) in [5, 5.41) is 4.41. The van der Waals surface area contributed by atoms with Gasteiger partial charge in [-0.15, -0.1) is 0 Å². The summed E-state index contributed by atoms with van der Waals surface area (Å²) in [6, 6.07) is 5.33. The van der Waals surface area contributed by atoms with Gasteiger partial charge in [-0.2, -0.15) is 0 Å². The van der Waals surface area contributed by atoms with Gasteiger partial charge in [0.05, 0.1) is 6.17 Å². The Hall–Kier alpha value is -0.440. The van der Waals surface area contributed by atoms with E-state index in [-0.39, 0.29) is 6.17 Å². The summed E-state index contributed by atoms with van der Waals surface area (Å²) in [7, 11) is 0. The largest absolute Gasteiger partial charge is 0.370 e. The summed E-state index contributed by atoms with van der Waals surface area (Å²) < 4.78 is 0. The molecule has 2 atom stereocenters. The number of nitrogens with two attached hydrogens (primary N) is 1. The smallest absolute Gasteiger partial charge is 0.0769 e. The van der Waals surface area contributed by atoms with Gasteiger partial charge >= 0.3 is 0 Å². The van der Waals surface area contributed by atoms with Gasteiger partial charge in [0.15, 0.2) is 0 Å². The van der Waals surface area contributed by atoms with Crippen LogP contribution in [0.3, 0.4) is 0 Å². The molecule has 0 aliphatic heterocycles. The molecule has 15 heavy (non-hydrogen) atoms. The molecule has 2 nitrogen and oxygen atoms in total. The second kappa shape index (κ2) is 5.59. The Morgan fingerprint density at radius 3 is 2.27 bits per heavy atom. The van der Waals surface area contributed by atoms with Crippen LogP contribution in [0.2, 0.25) is 10.0 Å². The van der Waals surface area contributed by atoms with E-state index < -0.39 is 0 Å². The van der Waals surface area contributed by atoms with Crippen LogP contribution in [-0.2, 0) is 0 Å². The lowest BCUT2D eigenvalue weighted by Gasteiger charge is -2.21. The van der Waals surface area contributed by atoms with Crippen LogP contribution in [0.25, 0.3) is 0 Å². The lowest BCUT2D eigenvalue weighted by molar-refractivity contribution is 0.479. The number of hydrogen-bond donors (Lipinski definition) is 2. The number of halogens is 2. The molecular formula is C11H16Cl2N2. The highest BCUT2D eigenvalue weighted by Gasteiger charge is 2.10. The van der Waals surface area contributed by atoms with E-state index in [1.165, 1.54) is 0 Å². The predicted molar refractivity (Wildman–Crippen MR) is 67.5 cm³/mol. The van der Waals surface area contributed by atoms with Crippen molar-refractivity contribution in [3.8, 4) is 0 Å². The Balaban J connectivity index is 2.72. The third-order valence-electron chi connectivity index (χ3n) is 2.45. The highest BCUT2D eigenvalue weighted by Crippen LogP contribution is 2.23. The van der Waals surface area contributed by atoms with Gasteiger partial charge in [-0.1, -0.05) is 43.5 Å². The Morgan fingerprint density at radius 1 is 1.27 bits per heavy atom. The van der Waals surface area contributed by atoms with Gasteiger partial charge in [0.2, 0.25) is 0 Å². The van der Waals surface area contributed by atoms with E-state index in [0.717, 1.165) is 12.1 Å². The molecule has 0 heterocycles. The third kappa shape index (κ3) is 3.90. The first-order chi connectivity index (χ1) is 7.02. The molecule has 0 saturated carbocycles. The molecule has 0 aliphatic rings. The molecule has 84 valence electrons. The van der Waals surface area contributed by atoms with Crippen LogP contribution in [0.4, 0.5) is 5.69 Å². The highest BCUT2D eigenvalue weighted by atomic mass is 35.5. The second-order valence-corrected chi connectivity index (χ2v) is 4.59. The third-order valence-corrected chi connectivity index (χ3v) is 2.89. The van der Waals surface area contributed by atoms with Crippen LogP contribution in [0, 0.1) is 5.92 Å². The van der Waals surface area contributed by atoms with Crippen LogP contribution in [0.1, 0.15) is 20.3 Å². The summed E-state index contributed by atoms with van der Waals surface area (Å²) in [6.07, 6.45) is 0.951. The minimum atomic E-state index is -0.0791. The van der Waals surface area contributed by atoms with E-state index in [0.29, 0.717) is 16.0 Å². The molecule has 1 aromatic carbocycles. The van der Waals surface area contributed by atoms with E-state index in [1.54, 1.807) is 6.07 Å². The van der Waals surface area contributed by atoms with Crippen LogP contribution in [0.15, 0.2) is 18.2 Å². The Labute approximate surface area is 101 Å². The summed E-state index contributed by atoms with van der Waals surface area (Å²) in [4.78, 5) is 0. The van der Waals surface area contributed by atoms with Crippen LogP contribution in [0.5, 0.6) is 0 Å². The topological polar surface area (TPSA) is 38.0 Å². The minimum absolute atomic E-state index is 0.0791. The van der Waals surface area contributed by atoms with E-state index >= 15 is 0 Å². The maximum atomic E-state index is 5.96. The normalized spacial score (nSPS) is 14.7. The highest BCUT2D eigenvalue weighted by molar-refractivity contribution is 6.35. The summed E-state index contributed by atoms with van der Waals surface area (Å²) in [5.74, 6) is 0.405. The molecule has 2 unspecified atom stereocenters. The fourth-order valence-electron chi connectivity index (χ4n) is 1.23. The van der Waals surface area contributed by atoms with Crippen LogP contribution < -0.4 is 11.1 Å². The number of anilines is 1. The van der Waals surface area contributed by atoms with Crippen molar-refractivity contribution in [2.75, 3.05) is 5.32 Å². The summed E-state index contributed by atoms with van der Waals surface area (Å²) in [6.45, 7) is 4.21.